The Kier molecular flexibility index (Phi) is 7.56. The van der Waals surface area contributed by atoms with Crippen LogP contribution < -0.4 is 9.47 Å². The van der Waals surface area contributed by atoms with Gasteiger partial charge in [-0.25, -0.2) is 0 Å². The number of benzene rings is 1. The summed E-state index contributed by atoms with van der Waals surface area (Å²) in [5.74, 6) is -0.768. The Morgan fingerprint density at radius 2 is 1.35 bits per heavy atom. The summed E-state index contributed by atoms with van der Waals surface area (Å²) in [5.41, 5.74) is 3.86. The number of ether oxygens (including phenoxy) is 2. The molecule has 26 heavy (non-hydrogen) atoms. The fourth-order valence-corrected chi connectivity index (χ4v) is 2.66. The van der Waals surface area contributed by atoms with Crippen LogP contribution in [0.15, 0.2) is 11.6 Å². The van der Waals surface area contributed by atoms with Gasteiger partial charge in [-0.3, -0.25) is 14.4 Å². The van der Waals surface area contributed by atoms with Crippen LogP contribution in [0.3, 0.4) is 0 Å². The average molecular weight is 362 g/mol. The highest BCUT2D eigenvalue weighted by molar-refractivity contribution is 5.74. The van der Waals surface area contributed by atoms with Crippen molar-refractivity contribution in [3.05, 3.63) is 33.9 Å². The Balaban J connectivity index is 3.38. The van der Waals surface area contributed by atoms with Gasteiger partial charge in [0.1, 0.15) is 11.5 Å². The summed E-state index contributed by atoms with van der Waals surface area (Å²) in [6.07, 6.45) is 2.85. The van der Waals surface area contributed by atoms with E-state index in [4.69, 9.17) is 14.6 Å². The van der Waals surface area contributed by atoms with E-state index in [2.05, 4.69) is 0 Å². The molecule has 6 heteroatoms. The zero-order valence-electron chi connectivity index (χ0n) is 16.2. The van der Waals surface area contributed by atoms with Crippen molar-refractivity contribution >= 4 is 17.9 Å². The van der Waals surface area contributed by atoms with Crippen molar-refractivity contribution in [3.8, 4) is 11.5 Å². The summed E-state index contributed by atoms with van der Waals surface area (Å²) in [6, 6.07) is 0. The molecule has 0 radical (unpaired) electrons. The molecule has 6 nitrogen and oxygen atoms in total. The Morgan fingerprint density at radius 1 is 0.846 bits per heavy atom. The summed E-state index contributed by atoms with van der Waals surface area (Å²) in [5, 5.41) is 8.79. The molecule has 1 rings (SSSR count). The standard InChI is InChI=1S/C20H26O6/c1-11(8-10-18(23)24)7-9-17-14(4)19(25-15(5)21)12(2)13(3)20(17)26-16(6)22/h7H,8-10H2,1-6H3,(H,23,24). The van der Waals surface area contributed by atoms with Crippen LogP contribution in [0.2, 0.25) is 0 Å². The lowest BCUT2D eigenvalue weighted by Crippen LogP contribution is -2.12. The molecular formula is C20H26O6. The first kappa shape index (κ1) is 21.4. The second-order valence-electron chi connectivity index (χ2n) is 6.35. The number of carboxylic acids is 1. The average Bonchev–Trinajstić information content (AvgIpc) is 2.53. The lowest BCUT2D eigenvalue weighted by Gasteiger charge is -2.20. The number of esters is 2. The second kappa shape index (κ2) is 9.17. The fraction of sp³-hybridized carbons (Fsp3) is 0.450. The van der Waals surface area contributed by atoms with E-state index in [0.29, 0.717) is 24.3 Å². The maximum absolute atomic E-state index is 11.5. The molecule has 0 aliphatic heterocycles. The van der Waals surface area contributed by atoms with Gasteiger partial charge in [-0.15, -0.1) is 0 Å². The van der Waals surface area contributed by atoms with E-state index in [1.165, 1.54) is 13.8 Å². The van der Waals surface area contributed by atoms with Gasteiger partial charge in [-0.05, 0) is 57.2 Å². The summed E-state index contributed by atoms with van der Waals surface area (Å²) < 4.78 is 10.8. The highest BCUT2D eigenvalue weighted by Gasteiger charge is 2.21. The van der Waals surface area contributed by atoms with Crippen molar-refractivity contribution in [2.45, 2.75) is 60.8 Å². The molecule has 0 saturated carbocycles. The quantitative estimate of drug-likeness (QED) is 0.450. The number of rotatable bonds is 7. The van der Waals surface area contributed by atoms with Crippen LogP contribution in [0.25, 0.3) is 0 Å². The van der Waals surface area contributed by atoms with Crippen LogP contribution in [-0.2, 0) is 20.8 Å². The minimum absolute atomic E-state index is 0.0593. The van der Waals surface area contributed by atoms with Gasteiger partial charge in [0.2, 0.25) is 0 Å². The van der Waals surface area contributed by atoms with E-state index >= 15 is 0 Å². The molecule has 0 bridgehead atoms. The number of hydrogen-bond donors (Lipinski definition) is 1. The van der Waals surface area contributed by atoms with E-state index in [-0.39, 0.29) is 6.42 Å². The monoisotopic (exact) mass is 362 g/mol. The number of hydrogen-bond acceptors (Lipinski definition) is 5. The normalized spacial score (nSPS) is 11.2. The van der Waals surface area contributed by atoms with Crippen molar-refractivity contribution in [2.75, 3.05) is 0 Å². The van der Waals surface area contributed by atoms with Crippen LogP contribution in [0.1, 0.15) is 55.9 Å². The van der Waals surface area contributed by atoms with Crippen LogP contribution >= 0.6 is 0 Å². The highest BCUT2D eigenvalue weighted by atomic mass is 16.5. The van der Waals surface area contributed by atoms with E-state index in [1.807, 2.05) is 33.8 Å². The molecule has 0 spiro atoms. The third-order valence-corrected chi connectivity index (χ3v) is 4.19. The van der Waals surface area contributed by atoms with Crippen LogP contribution in [-0.4, -0.2) is 23.0 Å². The van der Waals surface area contributed by atoms with E-state index in [1.54, 1.807) is 0 Å². The van der Waals surface area contributed by atoms with Crippen molar-refractivity contribution in [1.82, 2.24) is 0 Å². The lowest BCUT2D eigenvalue weighted by molar-refractivity contribution is -0.137. The topological polar surface area (TPSA) is 89.9 Å². The maximum Gasteiger partial charge on any atom is 0.308 e. The van der Waals surface area contributed by atoms with Crippen LogP contribution in [0.5, 0.6) is 11.5 Å². The molecule has 142 valence electrons. The number of carbonyl (C=O) groups excluding carboxylic acids is 2. The largest absolute Gasteiger partial charge is 0.481 e. The minimum atomic E-state index is -0.849. The summed E-state index contributed by atoms with van der Waals surface area (Å²) in [4.78, 5) is 33.7. The van der Waals surface area contributed by atoms with Gasteiger partial charge in [0.15, 0.2) is 0 Å². The Labute approximate surface area is 153 Å². The number of carbonyl (C=O) groups is 3. The maximum atomic E-state index is 11.5. The SMILES string of the molecule is CC(=O)Oc1c(C)c(C)c(OC(C)=O)c(CC=C(C)CCC(=O)O)c1C. The molecule has 0 aliphatic rings. The summed E-state index contributed by atoms with van der Waals surface area (Å²) >= 11 is 0. The fourth-order valence-electron chi connectivity index (χ4n) is 2.66. The molecule has 1 aromatic carbocycles. The molecule has 1 aromatic rings. The van der Waals surface area contributed by atoms with Gasteiger partial charge in [0.25, 0.3) is 0 Å². The molecule has 0 aromatic heterocycles. The predicted molar refractivity (Wildman–Crippen MR) is 97.6 cm³/mol. The molecule has 0 fully saturated rings. The molecule has 1 N–H and O–H groups in total. The van der Waals surface area contributed by atoms with Gasteiger partial charge >= 0.3 is 17.9 Å². The van der Waals surface area contributed by atoms with Crippen molar-refractivity contribution in [1.29, 1.82) is 0 Å². The zero-order valence-corrected chi connectivity index (χ0v) is 16.2. The van der Waals surface area contributed by atoms with Crippen LogP contribution in [0.4, 0.5) is 0 Å². The zero-order chi connectivity index (χ0) is 20.0. The Hall–Kier alpha value is -2.63. The first-order valence-electron chi connectivity index (χ1n) is 8.41. The second-order valence-corrected chi connectivity index (χ2v) is 6.35. The van der Waals surface area contributed by atoms with Gasteiger partial charge in [-0.1, -0.05) is 11.6 Å². The van der Waals surface area contributed by atoms with E-state index in [9.17, 15) is 14.4 Å². The number of aliphatic carboxylic acids is 1. The molecule has 0 heterocycles. The predicted octanol–water partition coefficient (Wildman–Crippen LogP) is 3.82. The first-order chi connectivity index (χ1) is 12.0. The van der Waals surface area contributed by atoms with Gasteiger partial charge in [-0.2, -0.15) is 0 Å². The molecule has 0 atom stereocenters. The Morgan fingerprint density at radius 3 is 1.85 bits per heavy atom. The highest BCUT2D eigenvalue weighted by Crippen LogP contribution is 2.38. The van der Waals surface area contributed by atoms with Gasteiger partial charge < -0.3 is 14.6 Å². The molecule has 0 amide bonds. The van der Waals surface area contributed by atoms with Crippen molar-refractivity contribution < 1.29 is 29.0 Å². The first-order valence-corrected chi connectivity index (χ1v) is 8.41. The third kappa shape index (κ3) is 5.72. The molecule has 0 unspecified atom stereocenters. The number of carboxylic acid groups (broad SMARTS) is 1. The molecule has 0 saturated heterocycles. The number of allylic oxidation sites excluding steroid dienone is 2. The van der Waals surface area contributed by atoms with Gasteiger partial charge in [0.05, 0.1) is 0 Å². The third-order valence-electron chi connectivity index (χ3n) is 4.19. The molecule has 0 aliphatic carbocycles. The summed E-state index contributed by atoms with van der Waals surface area (Å²) in [7, 11) is 0. The van der Waals surface area contributed by atoms with Gasteiger partial charge in [0, 0.05) is 25.8 Å². The smallest absolute Gasteiger partial charge is 0.308 e. The molecular weight excluding hydrogens is 336 g/mol. The van der Waals surface area contributed by atoms with Crippen molar-refractivity contribution in [3.63, 3.8) is 0 Å². The van der Waals surface area contributed by atoms with Crippen molar-refractivity contribution in [2.24, 2.45) is 0 Å². The van der Waals surface area contributed by atoms with Crippen LogP contribution in [0, 0.1) is 20.8 Å². The van der Waals surface area contributed by atoms with E-state index in [0.717, 1.165) is 27.8 Å². The minimum Gasteiger partial charge on any atom is -0.481 e. The Bertz CT molecular complexity index is 758. The summed E-state index contributed by atoms with van der Waals surface area (Å²) in [6.45, 7) is 9.97. The van der Waals surface area contributed by atoms with E-state index < -0.39 is 17.9 Å². The lowest BCUT2D eigenvalue weighted by atomic mass is 9.94.